The molecule has 60 heavy (non-hydrogen) atoms. The number of aromatic nitrogens is 2. The number of carbonyl (C=O) groups is 4. The van der Waals surface area contributed by atoms with Gasteiger partial charge < -0.3 is 35.0 Å². The fourth-order valence-electron chi connectivity index (χ4n) is 9.65. The van der Waals surface area contributed by atoms with Crippen molar-refractivity contribution in [1.82, 2.24) is 25.5 Å². The smallest absolute Gasteiger partial charge is 0.342 e. The summed E-state index contributed by atoms with van der Waals surface area (Å²) in [6.07, 6.45) is 8.01. The zero-order chi connectivity index (χ0) is 42.3. The van der Waals surface area contributed by atoms with Crippen molar-refractivity contribution in [2.24, 2.45) is 11.3 Å². The Balaban J connectivity index is 0.787. The van der Waals surface area contributed by atoms with E-state index in [1.54, 1.807) is 31.2 Å². The number of hydrogen-bond donors (Lipinski definition) is 3. The first kappa shape index (κ1) is 41.3. The van der Waals surface area contributed by atoms with Crippen LogP contribution in [0.2, 0.25) is 0 Å². The third-order valence-electron chi connectivity index (χ3n) is 13.2. The maximum absolute atomic E-state index is 15.3. The number of fused-ring (bicyclic) bond motifs is 1. The molecule has 1 unspecified atom stereocenters. The van der Waals surface area contributed by atoms with Crippen LogP contribution in [0, 0.1) is 17.2 Å². The Morgan fingerprint density at radius 1 is 1.00 bits per heavy atom. The lowest BCUT2D eigenvalue weighted by Gasteiger charge is -2.52. The van der Waals surface area contributed by atoms with Crippen LogP contribution in [0.5, 0.6) is 5.75 Å². The molecule has 4 fully saturated rings. The zero-order valence-electron chi connectivity index (χ0n) is 34.2. The summed E-state index contributed by atoms with van der Waals surface area (Å²) in [6, 6.07) is 10.1. The number of imide groups is 1. The van der Waals surface area contributed by atoms with E-state index in [1.807, 2.05) is 6.07 Å². The minimum absolute atomic E-state index is 0.0857. The minimum atomic E-state index is -3.58. The fourth-order valence-corrected chi connectivity index (χ4v) is 9.65. The van der Waals surface area contributed by atoms with Crippen molar-refractivity contribution in [3.05, 3.63) is 59.5 Å². The molecule has 1 saturated carbocycles. The molecule has 14 nitrogen and oxygen atoms in total. The second-order valence-electron chi connectivity index (χ2n) is 17.0. The van der Waals surface area contributed by atoms with E-state index in [9.17, 15) is 28.0 Å². The Kier molecular flexibility index (Phi) is 11.4. The van der Waals surface area contributed by atoms with Crippen LogP contribution < -0.4 is 35.4 Å². The van der Waals surface area contributed by atoms with Crippen molar-refractivity contribution in [1.29, 1.82) is 0 Å². The molecule has 17 heteroatoms. The maximum Gasteiger partial charge on any atom is 0.342 e. The molecule has 1 atom stereocenters. The van der Waals surface area contributed by atoms with E-state index in [2.05, 4.69) is 35.7 Å². The average Bonchev–Trinajstić information content (AvgIpc) is 3.29. The average molecular weight is 832 g/mol. The van der Waals surface area contributed by atoms with Gasteiger partial charge >= 0.3 is 5.92 Å². The number of methoxy groups -OCH3 is 1. The predicted molar refractivity (Wildman–Crippen MR) is 220 cm³/mol. The number of rotatable bonds is 10. The van der Waals surface area contributed by atoms with Crippen LogP contribution >= 0.6 is 0 Å². The number of nitrogens with one attached hydrogen (secondary N) is 3. The van der Waals surface area contributed by atoms with E-state index in [-0.39, 0.29) is 65.4 Å². The highest BCUT2D eigenvalue weighted by Crippen LogP contribution is 2.49. The van der Waals surface area contributed by atoms with Crippen LogP contribution in [0.4, 0.5) is 42.0 Å². The van der Waals surface area contributed by atoms with Gasteiger partial charge in [0, 0.05) is 51.3 Å². The number of carbonyl (C=O) groups excluding carboxylic acids is 4. The molecular weight excluding hydrogens is 780 g/mol. The molecule has 5 heterocycles. The Labute approximate surface area is 347 Å². The van der Waals surface area contributed by atoms with Crippen molar-refractivity contribution in [2.45, 2.75) is 76.2 Å². The Hall–Kier alpha value is -5.45. The molecule has 1 spiro atoms. The number of anilines is 5. The van der Waals surface area contributed by atoms with E-state index in [0.29, 0.717) is 40.6 Å². The molecule has 3 N–H and O–H groups in total. The molecule has 8 rings (SSSR count). The molecule has 3 saturated heterocycles. The van der Waals surface area contributed by atoms with Crippen molar-refractivity contribution in [3.63, 3.8) is 0 Å². The van der Waals surface area contributed by atoms with Crippen LogP contribution in [-0.2, 0) is 14.4 Å². The van der Waals surface area contributed by atoms with Crippen molar-refractivity contribution in [2.75, 3.05) is 80.0 Å². The lowest BCUT2D eigenvalue weighted by Crippen LogP contribution is -2.55. The quantitative estimate of drug-likeness (QED) is 0.231. The molecule has 320 valence electrons. The molecule has 0 bridgehead atoms. The molecular formula is C43H52F3N9O5. The number of halogens is 3. The van der Waals surface area contributed by atoms with Gasteiger partial charge in [-0.25, -0.2) is 9.37 Å². The summed E-state index contributed by atoms with van der Waals surface area (Å²) in [4.78, 5) is 65.2. The molecule has 3 aromatic rings. The lowest BCUT2D eigenvalue weighted by molar-refractivity contribution is -0.140. The number of ether oxygens (including phenoxy) is 1. The first-order valence-electron chi connectivity index (χ1n) is 20.9. The summed E-state index contributed by atoms with van der Waals surface area (Å²) in [7, 11) is 2.77. The molecule has 1 aromatic heterocycles. The van der Waals surface area contributed by atoms with Gasteiger partial charge in [0.2, 0.25) is 17.8 Å². The molecule has 0 radical (unpaired) electrons. The maximum atomic E-state index is 15.3. The van der Waals surface area contributed by atoms with Crippen LogP contribution in [0.25, 0.3) is 0 Å². The molecule has 1 aliphatic carbocycles. The monoisotopic (exact) mass is 831 g/mol. The standard InChI is InChI=1S/C43H52F3N9O5/c1-4-54-25-43(45,46)40(59)52(2)34-23-47-41(51-37(34)54)49-32-8-5-28(20-35(32)60-3)38(57)48-29-21-42(22-29)13-17-53(18-14-42)24-26-11-15-55(16-12-26)33-9-6-27(19-31(33)44)30-7-10-36(56)50-39(30)58/h5-6,8-9,19-20,23,26,29-30H,4,7,10-18,21-22,24-25H2,1-3H3,(H,48,57)(H,47,49,51)(H,50,56,58). The van der Waals surface area contributed by atoms with Gasteiger partial charge in [0.25, 0.3) is 11.8 Å². The number of nitrogens with zero attached hydrogens (tertiary/aromatic N) is 6. The van der Waals surface area contributed by atoms with Crippen molar-refractivity contribution >= 4 is 52.5 Å². The van der Waals surface area contributed by atoms with Crippen molar-refractivity contribution < 1.29 is 37.1 Å². The first-order chi connectivity index (χ1) is 28.7. The van der Waals surface area contributed by atoms with E-state index in [0.717, 1.165) is 76.1 Å². The third-order valence-corrected chi connectivity index (χ3v) is 13.2. The summed E-state index contributed by atoms with van der Waals surface area (Å²) in [6.45, 7) is 5.74. The minimum Gasteiger partial charge on any atom is -0.495 e. The Bertz CT molecular complexity index is 2150. The number of hydrogen-bond acceptors (Lipinski definition) is 11. The fraction of sp³-hybridized carbons (Fsp3) is 0.535. The van der Waals surface area contributed by atoms with E-state index in [1.165, 1.54) is 31.3 Å². The van der Waals surface area contributed by atoms with Crippen LogP contribution in [0.3, 0.4) is 0 Å². The highest BCUT2D eigenvalue weighted by Gasteiger charge is 2.48. The molecule has 5 aliphatic rings. The zero-order valence-corrected chi connectivity index (χ0v) is 34.2. The van der Waals surface area contributed by atoms with Gasteiger partial charge in [-0.15, -0.1) is 0 Å². The highest BCUT2D eigenvalue weighted by atomic mass is 19.3. The van der Waals surface area contributed by atoms with Gasteiger partial charge in [-0.2, -0.15) is 13.8 Å². The second kappa shape index (κ2) is 16.5. The second-order valence-corrected chi connectivity index (χ2v) is 17.0. The third kappa shape index (κ3) is 8.32. The van der Waals surface area contributed by atoms with Gasteiger partial charge in [0.1, 0.15) is 17.3 Å². The van der Waals surface area contributed by atoms with Gasteiger partial charge in [-0.1, -0.05) is 6.07 Å². The topological polar surface area (TPSA) is 152 Å². The van der Waals surface area contributed by atoms with Gasteiger partial charge in [0.15, 0.2) is 5.82 Å². The summed E-state index contributed by atoms with van der Waals surface area (Å²) in [5.74, 6) is -5.33. The summed E-state index contributed by atoms with van der Waals surface area (Å²) < 4.78 is 50.0. The largest absolute Gasteiger partial charge is 0.495 e. The number of likely N-dealkylation sites (tertiary alicyclic amines) is 1. The summed E-state index contributed by atoms with van der Waals surface area (Å²) in [5.41, 5.74) is 2.50. The number of alkyl halides is 2. The predicted octanol–water partition coefficient (Wildman–Crippen LogP) is 5.22. The number of amides is 4. The summed E-state index contributed by atoms with van der Waals surface area (Å²) in [5, 5.41) is 8.62. The van der Waals surface area contributed by atoms with Crippen LogP contribution in [-0.4, -0.2) is 110 Å². The SMILES string of the molecule is CCN1CC(F)(F)C(=O)N(C)c2cnc(Nc3ccc(C(=O)NC4CC5(CCN(CC6CCN(c7ccc(C8CCC(=O)NC8=O)cc7F)CC6)CC5)C4)cc3OC)nc21. The first-order valence-corrected chi connectivity index (χ1v) is 20.9. The van der Waals surface area contributed by atoms with Gasteiger partial charge in [-0.3, -0.25) is 24.5 Å². The normalized spacial score (nSPS) is 22.2. The molecule has 2 aromatic carbocycles. The van der Waals surface area contributed by atoms with Crippen LogP contribution in [0.15, 0.2) is 42.6 Å². The summed E-state index contributed by atoms with van der Waals surface area (Å²) >= 11 is 0. The van der Waals surface area contributed by atoms with E-state index >= 15 is 4.39 Å². The Morgan fingerprint density at radius 3 is 2.43 bits per heavy atom. The molecule has 4 aliphatic heterocycles. The van der Waals surface area contributed by atoms with Crippen LogP contribution in [0.1, 0.15) is 80.1 Å². The number of piperidine rings is 3. The van der Waals surface area contributed by atoms with Crippen molar-refractivity contribution in [3.8, 4) is 5.75 Å². The molecule has 4 amide bonds. The number of benzene rings is 2. The highest BCUT2D eigenvalue weighted by molar-refractivity contribution is 6.02. The van der Waals surface area contributed by atoms with E-state index < -0.39 is 24.3 Å². The van der Waals surface area contributed by atoms with Gasteiger partial charge in [-0.05, 0) is 112 Å². The van der Waals surface area contributed by atoms with Gasteiger partial charge in [0.05, 0.1) is 37.1 Å². The Morgan fingerprint density at radius 2 is 1.75 bits per heavy atom. The lowest BCUT2D eigenvalue weighted by atomic mass is 9.60. The van der Waals surface area contributed by atoms with E-state index in [4.69, 9.17) is 4.74 Å².